The lowest BCUT2D eigenvalue weighted by Crippen LogP contribution is -2.25. The number of rotatable bonds is 5. The van der Waals surface area contributed by atoms with E-state index in [0.717, 1.165) is 13.1 Å². The SMILES string of the molecule is CCN(CC)CCc1ccccc1.Cl. The highest BCUT2D eigenvalue weighted by atomic mass is 35.5. The second-order valence-corrected chi connectivity index (χ2v) is 3.26. The molecule has 1 nitrogen and oxygen atoms in total. The smallest absolute Gasteiger partial charge is 0.00216 e. The van der Waals surface area contributed by atoms with Crippen LogP contribution in [-0.2, 0) is 6.42 Å². The van der Waals surface area contributed by atoms with Crippen LogP contribution in [0.5, 0.6) is 0 Å². The molecule has 0 aliphatic heterocycles. The third kappa shape index (κ3) is 4.64. The van der Waals surface area contributed by atoms with E-state index < -0.39 is 0 Å². The lowest BCUT2D eigenvalue weighted by Gasteiger charge is -2.17. The van der Waals surface area contributed by atoms with Crippen LogP contribution in [0.15, 0.2) is 30.3 Å². The Bertz CT molecular complexity index is 219. The molecular weight excluding hydrogens is 194 g/mol. The number of hydrogen-bond acceptors (Lipinski definition) is 1. The molecule has 0 spiro atoms. The number of nitrogens with zero attached hydrogens (tertiary/aromatic N) is 1. The summed E-state index contributed by atoms with van der Waals surface area (Å²) in [5, 5.41) is 0. The average Bonchev–Trinajstić information content (AvgIpc) is 2.21. The minimum atomic E-state index is 0. The van der Waals surface area contributed by atoms with Crippen molar-refractivity contribution in [2.45, 2.75) is 20.3 Å². The number of halogens is 1. The number of benzene rings is 1. The molecule has 0 atom stereocenters. The van der Waals surface area contributed by atoms with Gasteiger partial charge in [-0.05, 0) is 25.1 Å². The van der Waals surface area contributed by atoms with Gasteiger partial charge in [0.05, 0.1) is 0 Å². The Morgan fingerprint density at radius 1 is 1.00 bits per heavy atom. The van der Waals surface area contributed by atoms with Crippen LogP contribution in [0.2, 0.25) is 0 Å². The molecule has 0 heterocycles. The van der Waals surface area contributed by atoms with Gasteiger partial charge in [0.1, 0.15) is 0 Å². The molecule has 0 aromatic heterocycles. The standard InChI is InChI=1S/C12H19N.ClH/c1-3-13(4-2)11-10-12-8-6-5-7-9-12;/h5-9H,3-4,10-11H2,1-2H3;1H. The van der Waals surface area contributed by atoms with Crippen molar-refractivity contribution in [3.8, 4) is 0 Å². The van der Waals surface area contributed by atoms with Gasteiger partial charge in [0.2, 0.25) is 0 Å². The van der Waals surface area contributed by atoms with E-state index in [4.69, 9.17) is 0 Å². The van der Waals surface area contributed by atoms with Gasteiger partial charge >= 0.3 is 0 Å². The molecule has 0 amide bonds. The van der Waals surface area contributed by atoms with Crippen LogP contribution in [-0.4, -0.2) is 24.5 Å². The van der Waals surface area contributed by atoms with Gasteiger partial charge in [-0.1, -0.05) is 44.2 Å². The Labute approximate surface area is 93.5 Å². The molecule has 14 heavy (non-hydrogen) atoms. The minimum absolute atomic E-state index is 0. The van der Waals surface area contributed by atoms with Gasteiger partial charge in [0, 0.05) is 6.54 Å². The average molecular weight is 214 g/mol. The summed E-state index contributed by atoms with van der Waals surface area (Å²) >= 11 is 0. The predicted octanol–water partition coefficient (Wildman–Crippen LogP) is 2.99. The first kappa shape index (κ1) is 13.5. The summed E-state index contributed by atoms with van der Waals surface area (Å²) in [5.41, 5.74) is 1.44. The van der Waals surface area contributed by atoms with E-state index in [1.54, 1.807) is 0 Å². The fourth-order valence-corrected chi connectivity index (χ4v) is 1.47. The molecule has 0 N–H and O–H groups in total. The van der Waals surface area contributed by atoms with Crippen LogP contribution in [0.25, 0.3) is 0 Å². The van der Waals surface area contributed by atoms with Gasteiger partial charge in [0.25, 0.3) is 0 Å². The van der Waals surface area contributed by atoms with Gasteiger partial charge in [0.15, 0.2) is 0 Å². The van der Waals surface area contributed by atoms with Crippen molar-refractivity contribution in [2.24, 2.45) is 0 Å². The molecular formula is C12H20ClN. The van der Waals surface area contributed by atoms with E-state index in [1.807, 2.05) is 0 Å². The molecule has 0 unspecified atom stereocenters. The maximum absolute atomic E-state index is 2.45. The number of likely N-dealkylation sites (N-methyl/N-ethyl adjacent to an activating group) is 1. The van der Waals surface area contributed by atoms with E-state index in [9.17, 15) is 0 Å². The topological polar surface area (TPSA) is 3.24 Å². The monoisotopic (exact) mass is 213 g/mol. The van der Waals surface area contributed by atoms with Crippen LogP contribution in [0.1, 0.15) is 19.4 Å². The van der Waals surface area contributed by atoms with E-state index in [2.05, 4.69) is 49.1 Å². The van der Waals surface area contributed by atoms with Crippen LogP contribution in [0.4, 0.5) is 0 Å². The lowest BCUT2D eigenvalue weighted by molar-refractivity contribution is 0.308. The Hall–Kier alpha value is -0.530. The maximum atomic E-state index is 2.45. The van der Waals surface area contributed by atoms with Gasteiger partial charge in [-0.25, -0.2) is 0 Å². The Balaban J connectivity index is 0.00000169. The van der Waals surface area contributed by atoms with Crippen molar-refractivity contribution in [3.63, 3.8) is 0 Å². The lowest BCUT2D eigenvalue weighted by atomic mass is 10.1. The highest BCUT2D eigenvalue weighted by Crippen LogP contribution is 2.00. The second kappa shape index (κ2) is 7.84. The molecule has 0 aliphatic rings. The molecule has 1 aromatic rings. The normalized spacial score (nSPS) is 9.93. The van der Waals surface area contributed by atoms with Crippen molar-refractivity contribution >= 4 is 12.4 Å². The van der Waals surface area contributed by atoms with Crippen LogP contribution >= 0.6 is 12.4 Å². The highest BCUT2D eigenvalue weighted by Gasteiger charge is 1.98. The maximum Gasteiger partial charge on any atom is 0.00216 e. The molecule has 1 rings (SSSR count). The van der Waals surface area contributed by atoms with Crippen molar-refractivity contribution in [1.82, 2.24) is 4.90 Å². The Morgan fingerprint density at radius 3 is 2.07 bits per heavy atom. The van der Waals surface area contributed by atoms with Crippen molar-refractivity contribution in [1.29, 1.82) is 0 Å². The van der Waals surface area contributed by atoms with Gasteiger partial charge in [-0.3, -0.25) is 0 Å². The molecule has 1 aromatic carbocycles. The summed E-state index contributed by atoms with van der Waals surface area (Å²) in [6, 6.07) is 10.7. The highest BCUT2D eigenvalue weighted by molar-refractivity contribution is 5.85. The second-order valence-electron chi connectivity index (χ2n) is 3.26. The summed E-state index contributed by atoms with van der Waals surface area (Å²) in [7, 11) is 0. The van der Waals surface area contributed by atoms with Crippen LogP contribution in [0, 0.1) is 0 Å². The zero-order valence-electron chi connectivity index (χ0n) is 9.07. The predicted molar refractivity (Wildman–Crippen MR) is 65.2 cm³/mol. The van der Waals surface area contributed by atoms with E-state index in [0.29, 0.717) is 0 Å². The molecule has 80 valence electrons. The largest absolute Gasteiger partial charge is 0.304 e. The van der Waals surface area contributed by atoms with Gasteiger partial charge in [-0.2, -0.15) is 0 Å². The fraction of sp³-hybridized carbons (Fsp3) is 0.500. The first-order chi connectivity index (χ1) is 6.36. The minimum Gasteiger partial charge on any atom is -0.304 e. The summed E-state index contributed by atoms with van der Waals surface area (Å²) in [5.74, 6) is 0. The van der Waals surface area contributed by atoms with Crippen molar-refractivity contribution in [2.75, 3.05) is 19.6 Å². The van der Waals surface area contributed by atoms with Crippen molar-refractivity contribution < 1.29 is 0 Å². The molecule has 0 bridgehead atoms. The number of hydrogen-bond donors (Lipinski definition) is 0. The summed E-state index contributed by atoms with van der Waals surface area (Å²) in [6.45, 7) is 7.92. The summed E-state index contributed by atoms with van der Waals surface area (Å²) in [6.07, 6.45) is 1.17. The molecule has 0 saturated heterocycles. The quantitative estimate of drug-likeness (QED) is 0.727. The third-order valence-corrected chi connectivity index (χ3v) is 2.45. The fourth-order valence-electron chi connectivity index (χ4n) is 1.47. The molecule has 0 saturated carbocycles. The van der Waals surface area contributed by atoms with Crippen molar-refractivity contribution in [3.05, 3.63) is 35.9 Å². The third-order valence-electron chi connectivity index (χ3n) is 2.45. The zero-order chi connectivity index (χ0) is 9.52. The van der Waals surface area contributed by atoms with E-state index >= 15 is 0 Å². The molecule has 0 fully saturated rings. The van der Waals surface area contributed by atoms with E-state index in [1.165, 1.54) is 18.5 Å². The van der Waals surface area contributed by atoms with Gasteiger partial charge in [-0.15, -0.1) is 12.4 Å². The van der Waals surface area contributed by atoms with Crippen LogP contribution < -0.4 is 0 Å². The Morgan fingerprint density at radius 2 is 1.57 bits per heavy atom. The summed E-state index contributed by atoms with van der Waals surface area (Å²) < 4.78 is 0. The Kier molecular flexibility index (Phi) is 7.54. The molecule has 2 heteroatoms. The molecule has 0 radical (unpaired) electrons. The van der Waals surface area contributed by atoms with Gasteiger partial charge < -0.3 is 4.90 Å². The van der Waals surface area contributed by atoms with E-state index in [-0.39, 0.29) is 12.4 Å². The summed E-state index contributed by atoms with van der Waals surface area (Å²) in [4.78, 5) is 2.45. The first-order valence-electron chi connectivity index (χ1n) is 5.13. The first-order valence-corrected chi connectivity index (χ1v) is 5.13. The zero-order valence-corrected chi connectivity index (χ0v) is 9.89. The van der Waals surface area contributed by atoms with Crippen LogP contribution in [0.3, 0.4) is 0 Å². The molecule has 0 aliphatic carbocycles.